The molecule has 0 spiro atoms. The van der Waals surface area contributed by atoms with Gasteiger partial charge in [0, 0.05) is 18.5 Å². The summed E-state index contributed by atoms with van der Waals surface area (Å²) >= 11 is 0. The smallest absolute Gasteiger partial charge is 0.221 e. The van der Waals surface area contributed by atoms with Crippen molar-refractivity contribution in [1.29, 1.82) is 0 Å². The molecular weight excluding hydrogens is 164 g/mol. The maximum Gasteiger partial charge on any atom is 0.221 e. The first kappa shape index (κ1) is 10.5. The molecule has 1 aliphatic carbocycles. The maximum absolute atomic E-state index is 10.8. The molecule has 3 atom stereocenters. The number of nitrogens with two attached hydrogens (primary N) is 1. The highest BCUT2D eigenvalue weighted by Gasteiger charge is 2.23. The van der Waals surface area contributed by atoms with Crippen LogP contribution in [0.5, 0.6) is 0 Å². The average Bonchev–Trinajstić information content (AvgIpc) is 2.47. The second-order valence-corrected chi connectivity index (χ2v) is 4.23. The van der Waals surface area contributed by atoms with E-state index in [0.717, 1.165) is 12.5 Å². The molecule has 1 fully saturated rings. The summed E-state index contributed by atoms with van der Waals surface area (Å²) in [6.07, 6.45) is 3.86. The molecule has 3 heteroatoms. The van der Waals surface area contributed by atoms with E-state index in [9.17, 15) is 4.79 Å². The lowest BCUT2D eigenvalue weighted by atomic mass is 10.1. The standard InChI is InChI=1S/C10H20N2O/c1-7-4-3-5-9(7)12-6-8(2)10(11)13/h7-9,12H,3-6H2,1-2H3,(H2,11,13). The predicted octanol–water partition coefficient (Wildman–Crippen LogP) is 0.886. The predicted molar refractivity (Wildman–Crippen MR) is 53.2 cm³/mol. The first-order chi connectivity index (χ1) is 6.11. The van der Waals surface area contributed by atoms with Crippen LogP contribution in [0.3, 0.4) is 0 Å². The van der Waals surface area contributed by atoms with E-state index < -0.39 is 0 Å². The minimum atomic E-state index is -0.210. The Morgan fingerprint density at radius 1 is 1.62 bits per heavy atom. The van der Waals surface area contributed by atoms with Gasteiger partial charge in [-0.05, 0) is 18.8 Å². The average molecular weight is 184 g/mol. The third-order valence-corrected chi connectivity index (χ3v) is 3.03. The molecule has 1 amide bonds. The van der Waals surface area contributed by atoms with Crippen LogP contribution in [0.2, 0.25) is 0 Å². The lowest BCUT2D eigenvalue weighted by Gasteiger charge is -2.18. The van der Waals surface area contributed by atoms with E-state index in [1.807, 2.05) is 6.92 Å². The SMILES string of the molecule is CC(CNC1CCCC1C)C(N)=O. The molecule has 3 N–H and O–H groups in total. The zero-order valence-electron chi connectivity index (χ0n) is 8.55. The second kappa shape index (κ2) is 4.61. The Balaban J connectivity index is 2.22. The van der Waals surface area contributed by atoms with E-state index in [-0.39, 0.29) is 11.8 Å². The molecule has 0 bridgehead atoms. The molecule has 76 valence electrons. The van der Waals surface area contributed by atoms with Crippen LogP contribution < -0.4 is 11.1 Å². The third kappa shape index (κ3) is 2.99. The molecule has 0 saturated heterocycles. The van der Waals surface area contributed by atoms with Gasteiger partial charge in [0.1, 0.15) is 0 Å². The second-order valence-electron chi connectivity index (χ2n) is 4.23. The summed E-state index contributed by atoms with van der Waals surface area (Å²) in [6.45, 7) is 4.86. The van der Waals surface area contributed by atoms with Gasteiger partial charge < -0.3 is 11.1 Å². The number of amides is 1. The largest absolute Gasteiger partial charge is 0.369 e. The monoisotopic (exact) mass is 184 g/mol. The molecule has 1 rings (SSSR count). The number of carbonyl (C=O) groups is 1. The minimum Gasteiger partial charge on any atom is -0.369 e. The van der Waals surface area contributed by atoms with Crippen LogP contribution in [0, 0.1) is 11.8 Å². The summed E-state index contributed by atoms with van der Waals surface area (Å²) in [5.74, 6) is 0.492. The number of hydrogen-bond donors (Lipinski definition) is 2. The minimum absolute atomic E-state index is 0.0483. The quantitative estimate of drug-likeness (QED) is 0.681. The van der Waals surface area contributed by atoms with Crippen molar-refractivity contribution in [2.45, 2.75) is 39.2 Å². The molecule has 0 radical (unpaired) electrons. The number of carbonyl (C=O) groups excluding carboxylic acids is 1. The zero-order valence-corrected chi connectivity index (χ0v) is 8.55. The first-order valence-electron chi connectivity index (χ1n) is 5.14. The fourth-order valence-electron chi connectivity index (χ4n) is 1.88. The summed E-state index contributed by atoms with van der Waals surface area (Å²) in [5, 5.41) is 3.41. The van der Waals surface area contributed by atoms with Gasteiger partial charge in [-0.1, -0.05) is 20.3 Å². The van der Waals surface area contributed by atoms with Crippen LogP contribution in [-0.2, 0) is 4.79 Å². The van der Waals surface area contributed by atoms with Gasteiger partial charge in [-0.3, -0.25) is 4.79 Å². The summed E-state index contributed by atoms with van der Waals surface area (Å²) in [6, 6.07) is 0.599. The van der Waals surface area contributed by atoms with Gasteiger partial charge in [-0.25, -0.2) is 0 Å². The summed E-state index contributed by atoms with van der Waals surface area (Å²) < 4.78 is 0. The Morgan fingerprint density at radius 2 is 2.31 bits per heavy atom. The van der Waals surface area contributed by atoms with Gasteiger partial charge in [0.15, 0.2) is 0 Å². The van der Waals surface area contributed by atoms with Gasteiger partial charge in [-0.15, -0.1) is 0 Å². The maximum atomic E-state index is 10.8. The summed E-state index contributed by atoms with van der Waals surface area (Å²) in [7, 11) is 0. The van der Waals surface area contributed by atoms with Gasteiger partial charge in [0.25, 0.3) is 0 Å². The summed E-state index contributed by atoms with van der Waals surface area (Å²) in [4.78, 5) is 10.8. The van der Waals surface area contributed by atoms with Gasteiger partial charge in [-0.2, -0.15) is 0 Å². The van der Waals surface area contributed by atoms with Gasteiger partial charge in [0.05, 0.1) is 0 Å². The third-order valence-electron chi connectivity index (χ3n) is 3.03. The molecule has 3 nitrogen and oxygen atoms in total. The topological polar surface area (TPSA) is 55.1 Å². The van der Waals surface area contributed by atoms with Crippen LogP contribution in [0.1, 0.15) is 33.1 Å². The van der Waals surface area contributed by atoms with E-state index in [0.29, 0.717) is 6.04 Å². The van der Waals surface area contributed by atoms with Crippen LogP contribution in [0.4, 0.5) is 0 Å². The van der Waals surface area contributed by atoms with Crippen molar-refractivity contribution in [3.8, 4) is 0 Å². The van der Waals surface area contributed by atoms with E-state index in [1.165, 1.54) is 19.3 Å². The zero-order chi connectivity index (χ0) is 9.84. The molecule has 0 heterocycles. The molecule has 0 aromatic heterocycles. The lowest BCUT2D eigenvalue weighted by Crippen LogP contribution is -2.38. The Hall–Kier alpha value is -0.570. The van der Waals surface area contributed by atoms with Crippen molar-refractivity contribution >= 4 is 5.91 Å². The van der Waals surface area contributed by atoms with Crippen LogP contribution in [-0.4, -0.2) is 18.5 Å². The number of primary amides is 1. The van der Waals surface area contributed by atoms with Crippen molar-refractivity contribution < 1.29 is 4.79 Å². The molecule has 3 unspecified atom stereocenters. The Morgan fingerprint density at radius 3 is 2.77 bits per heavy atom. The van der Waals surface area contributed by atoms with Crippen LogP contribution >= 0.6 is 0 Å². The Labute approximate surface area is 80.1 Å². The molecule has 1 saturated carbocycles. The fraction of sp³-hybridized carbons (Fsp3) is 0.900. The van der Waals surface area contributed by atoms with Gasteiger partial charge in [0.2, 0.25) is 5.91 Å². The number of nitrogens with one attached hydrogen (secondary N) is 1. The van der Waals surface area contributed by atoms with Crippen LogP contribution in [0.15, 0.2) is 0 Å². The normalized spacial score (nSPS) is 30.3. The van der Waals surface area contributed by atoms with E-state index in [1.54, 1.807) is 0 Å². The molecule has 0 aromatic carbocycles. The van der Waals surface area contributed by atoms with E-state index >= 15 is 0 Å². The highest BCUT2D eigenvalue weighted by molar-refractivity contribution is 5.76. The number of hydrogen-bond acceptors (Lipinski definition) is 2. The van der Waals surface area contributed by atoms with Crippen LogP contribution in [0.25, 0.3) is 0 Å². The molecular formula is C10H20N2O. The molecule has 1 aliphatic rings. The van der Waals surface area contributed by atoms with Crippen molar-refractivity contribution in [1.82, 2.24) is 5.32 Å². The van der Waals surface area contributed by atoms with Crippen molar-refractivity contribution in [2.75, 3.05) is 6.54 Å². The van der Waals surface area contributed by atoms with Crippen molar-refractivity contribution in [2.24, 2.45) is 17.6 Å². The highest BCUT2D eigenvalue weighted by atomic mass is 16.1. The molecule has 0 aromatic rings. The van der Waals surface area contributed by atoms with E-state index in [4.69, 9.17) is 5.73 Å². The molecule has 0 aliphatic heterocycles. The Bertz CT molecular complexity index is 182. The number of rotatable bonds is 4. The van der Waals surface area contributed by atoms with E-state index in [2.05, 4.69) is 12.2 Å². The first-order valence-corrected chi connectivity index (χ1v) is 5.14. The van der Waals surface area contributed by atoms with Crippen molar-refractivity contribution in [3.05, 3.63) is 0 Å². The summed E-state index contributed by atoms with van der Waals surface area (Å²) in [5.41, 5.74) is 5.18. The Kier molecular flexibility index (Phi) is 3.72. The van der Waals surface area contributed by atoms with Crippen molar-refractivity contribution in [3.63, 3.8) is 0 Å². The molecule has 13 heavy (non-hydrogen) atoms. The van der Waals surface area contributed by atoms with Gasteiger partial charge >= 0.3 is 0 Å². The lowest BCUT2D eigenvalue weighted by molar-refractivity contribution is -0.121. The highest BCUT2D eigenvalue weighted by Crippen LogP contribution is 2.24. The fourth-order valence-corrected chi connectivity index (χ4v) is 1.88.